The van der Waals surface area contributed by atoms with Crippen molar-refractivity contribution in [1.29, 1.82) is 0 Å². The SMILES string of the molecule is Cc1ccccc1NC(=O)NCCF. The summed E-state index contributed by atoms with van der Waals surface area (Å²) >= 11 is 0. The number of aryl methyl sites for hydroxylation is 1. The minimum absolute atomic E-state index is 0.0394. The Balaban J connectivity index is 2.52. The first-order chi connectivity index (χ1) is 6.74. The highest BCUT2D eigenvalue weighted by atomic mass is 19.1. The maximum Gasteiger partial charge on any atom is 0.319 e. The summed E-state index contributed by atoms with van der Waals surface area (Å²) in [4.78, 5) is 11.1. The van der Waals surface area contributed by atoms with E-state index in [1.165, 1.54) is 0 Å². The molecule has 0 fully saturated rings. The van der Waals surface area contributed by atoms with Crippen LogP contribution in [0, 0.1) is 6.92 Å². The molecule has 0 aromatic heterocycles. The summed E-state index contributed by atoms with van der Waals surface area (Å²) in [5.41, 5.74) is 1.71. The van der Waals surface area contributed by atoms with E-state index >= 15 is 0 Å². The second kappa shape index (κ2) is 5.21. The number of anilines is 1. The number of para-hydroxylation sites is 1. The number of alkyl halides is 1. The maximum atomic E-state index is 11.7. The highest BCUT2D eigenvalue weighted by molar-refractivity contribution is 5.89. The van der Waals surface area contributed by atoms with Gasteiger partial charge in [0.15, 0.2) is 0 Å². The van der Waals surface area contributed by atoms with Gasteiger partial charge in [-0.2, -0.15) is 0 Å². The highest BCUT2D eigenvalue weighted by Crippen LogP contribution is 2.12. The Morgan fingerprint density at radius 1 is 1.43 bits per heavy atom. The lowest BCUT2D eigenvalue weighted by Gasteiger charge is -2.08. The van der Waals surface area contributed by atoms with Crippen molar-refractivity contribution in [2.45, 2.75) is 6.92 Å². The minimum atomic E-state index is -0.554. The minimum Gasteiger partial charge on any atom is -0.335 e. The molecule has 0 saturated heterocycles. The predicted octanol–water partition coefficient (Wildman–Crippen LogP) is 2.09. The Labute approximate surface area is 82.3 Å². The summed E-state index contributed by atoms with van der Waals surface area (Å²) in [5, 5.41) is 5.01. The van der Waals surface area contributed by atoms with Crippen LogP contribution in [0.5, 0.6) is 0 Å². The molecule has 1 rings (SSSR count). The zero-order chi connectivity index (χ0) is 10.4. The molecule has 0 aliphatic heterocycles. The fourth-order valence-electron chi connectivity index (χ4n) is 1.04. The molecule has 0 bridgehead atoms. The number of carbonyl (C=O) groups is 1. The number of nitrogens with one attached hydrogen (secondary N) is 2. The zero-order valence-electron chi connectivity index (χ0n) is 8.01. The van der Waals surface area contributed by atoms with Crippen molar-refractivity contribution in [2.24, 2.45) is 0 Å². The van der Waals surface area contributed by atoms with Gasteiger partial charge in [0.2, 0.25) is 0 Å². The number of benzene rings is 1. The van der Waals surface area contributed by atoms with Gasteiger partial charge in [0.25, 0.3) is 0 Å². The monoisotopic (exact) mass is 196 g/mol. The number of hydrogen-bond donors (Lipinski definition) is 2. The fraction of sp³-hybridized carbons (Fsp3) is 0.300. The maximum absolute atomic E-state index is 11.7. The number of amides is 2. The van der Waals surface area contributed by atoms with Crippen LogP contribution in [0.3, 0.4) is 0 Å². The fourth-order valence-corrected chi connectivity index (χ4v) is 1.04. The number of rotatable bonds is 3. The molecule has 3 nitrogen and oxygen atoms in total. The molecule has 0 saturated carbocycles. The topological polar surface area (TPSA) is 41.1 Å². The lowest BCUT2D eigenvalue weighted by molar-refractivity contribution is 0.251. The molecule has 0 aliphatic carbocycles. The predicted molar refractivity (Wildman–Crippen MR) is 54.2 cm³/mol. The first-order valence-corrected chi connectivity index (χ1v) is 4.40. The first kappa shape index (κ1) is 10.5. The molecule has 14 heavy (non-hydrogen) atoms. The summed E-state index contributed by atoms with van der Waals surface area (Å²) < 4.78 is 11.7. The van der Waals surface area contributed by atoms with Gasteiger partial charge in [0.05, 0.1) is 0 Å². The van der Waals surface area contributed by atoms with Crippen molar-refractivity contribution in [2.75, 3.05) is 18.5 Å². The van der Waals surface area contributed by atoms with Gasteiger partial charge in [-0.3, -0.25) is 0 Å². The van der Waals surface area contributed by atoms with Crippen molar-refractivity contribution in [3.8, 4) is 0 Å². The van der Waals surface area contributed by atoms with E-state index in [-0.39, 0.29) is 12.6 Å². The molecule has 4 heteroatoms. The second-order valence-electron chi connectivity index (χ2n) is 2.88. The third kappa shape index (κ3) is 3.05. The van der Waals surface area contributed by atoms with Crippen molar-refractivity contribution in [3.63, 3.8) is 0 Å². The Bertz CT molecular complexity index is 315. The van der Waals surface area contributed by atoms with Crippen molar-refractivity contribution >= 4 is 11.7 Å². The van der Waals surface area contributed by atoms with E-state index in [0.717, 1.165) is 11.3 Å². The summed E-state index contributed by atoms with van der Waals surface area (Å²) in [7, 11) is 0. The van der Waals surface area contributed by atoms with E-state index in [0.29, 0.717) is 0 Å². The van der Waals surface area contributed by atoms with Gasteiger partial charge in [0.1, 0.15) is 6.67 Å². The van der Waals surface area contributed by atoms with Gasteiger partial charge in [0, 0.05) is 12.2 Å². The van der Waals surface area contributed by atoms with Gasteiger partial charge in [-0.15, -0.1) is 0 Å². The molecule has 1 aromatic rings. The normalized spacial score (nSPS) is 9.57. The van der Waals surface area contributed by atoms with Gasteiger partial charge >= 0.3 is 6.03 Å². The lowest BCUT2D eigenvalue weighted by atomic mass is 10.2. The van der Waals surface area contributed by atoms with Crippen LogP contribution >= 0.6 is 0 Å². The highest BCUT2D eigenvalue weighted by Gasteiger charge is 2.01. The largest absolute Gasteiger partial charge is 0.335 e. The smallest absolute Gasteiger partial charge is 0.319 e. The van der Waals surface area contributed by atoms with Crippen molar-refractivity contribution in [3.05, 3.63) is 29.8 Å². The quantitative estimate of drug-likeness (QED) is 0.763. The van der Waals surface area contributed by atoms with Crippen LogP contribution in [-0.2, 0) is 0 Å². The van der Waals surface area contributed by atoms with Gasteiger partial charge in [-0.1, -0.05) is 18.2 Å². The van der Waals surface area contributed by atoms with E-state index in [1.807, 2.05) is 25.1 Å². The van der Waals surface area contributed by atoms with Crippen molar-refractivity contribution < 1.29 is 9.18 Å². The van der Waals surface area contributed by atoms with E-state index < -0.39 is 6.67 Å². The Kier molecular flexibility index (Phi) is 3.91. The first-order valence-electron chi connectivity index (χ1n) is 4.40. The summed E-state index contributed by atoms with van der Waals surface area (Å²) in [6, 6.07) is 7.03. The number of halogens is 1. The van der Waals surface area contributed by atoms with Crippen LogP contribution in [0.15, 0.2) is 24.3 Å². The van der Waals surface area contributed by atoms with Gasteiger partial charge in [-0.25, -0.2) is 9.18 Å². The van der Waals surface area contributed by atoms with Crippen molar-refractivity contribution in [1.82, 2.24) is 5.32 Å². The summed E-state index contributed by atoms with van der Waals surface area (Å²) in [5.74, 6) is 0. The van der Waals surface area contributed by atoms with Crippen LogP contribution in [-0.4, -0.2) is 19.3 Å². The third-order valence-electron chi connectivity index (χ3n) is 1.77. The molecule has 0 aliphatic rings. The molecule has 76 valence electrons. The standard InChI is InChI=1S/C10H13FN2O/c1-8-4-2-3-5-9(8)13-10(14)12-7-6-11/h2-5H,6-7H2,1H3,(H2,12,13,14). The van der Waals surface area contributed by atoms with E-state index in [2.05, 4.69) is 10.6 Å². The zero-order valence-corrected chi connectivity index (χ0v) is 8.01. The molecule has 0 unspecified atom stereocenters. The Morgan fingerprint density at radius 3 is 2.79 bits per heavy atom. The van der Waals surface area contributed by atoms with Gasteiger partial charge in [-0.05, 0) is 18.6 Å². The average Bonchev–Trinajstić information content (AvgIpc) is 2.18. The summed E-state index contributed by atoms with van der Waals surface area (Å²) in [6.45, 7) is 1.38. The average molecular weight is 196 g/mol. The Morgan fingerprint density at radius 2 is 2.14 bits per heavy atom. The number of hydrogen-bond acceptors (Lipinski definition) is 1. The van der Waals surface area contributed by atoms with Crippen LogP contribution in [0.25, 0.3) is 0 Å². The number of carbonyl (C=O) groups excluding carboxylic acids is 1. The molecular weight excluding hydrogens is 183 g/mol. The van der Waals surface area contributed by atoms with Gasteiger partial charge < -0.3 is 10.6 Å². The molecule has 2 amide bonds. The molecule has 0 spiro atoms. The van der Waals surface area contributed by atoms with Crippen LogP contribution in [0.1, 0.15) is 5.56 Å². The third-order valence-corrected chi connectivity index (χ3v) is 1.77. The summed E-state index contributed by atoms with van der Waals surface area (Å²) in [6.07, 6.45) is 0. The van der Waals surface area contributed by atoms with E-state index in [9.17, 15) is 9.18 Å². The molecule has 2 N–H and O–H groups in total. The molecular formula is C10H13FN2O. The number of urea groups is 1. The van der Waals surface area contributed by atoms with E-state index in [4.69, 9.17) is 0 Å². The van der Waals surface area contributed by atoms with E-state index in [1.54, 1.807) is 6.07 Å². The molecule has 0 heterocycles. The lowest BCUT2D eigenvalue weighted by Crippen LogP contribution is -2.30. The molecule has 1 aromatic carbocycles. The molecule has 0 atom stereocenters. The van der Waals surface area contributed by atoms with Crippen LogP contribution in [0.4, 0.5) is 14.9 Å². The molecule has 0 radical (unpaired) electrons. The van der Waals surface area contributed by atoms with Crippen LogP contribution in [0.2, 0.25) is 0 Å². The Hall–Kier alpha value is -1.58. The van der Waals surface area contributed by atoms with Crippen LogP contribution < -0.4 is 10.6 Å². The second-order valence-corrected chi connectivity index (χ2v) is 2.88.